The van der Waals surface area contributed by atoms with Gasteiger partial charge in [0.1, 0.15) is 6.10 Å². The molecule has 3 aliphatic heterocycles. The first-order valence-electron chi connectivity index (χ1n) is 14.0. The van der Waals surface area contributed by atoms with E-state index in [-0.39, 0.29) is 42.0 Å². The first-order valence-corrected chi connectivity index (χ1v) is 14.0. The largest absolute Gasteiger partial charge is 0.378 e. The molecule has 0 aromatic carbocycles. The second-order valence-electron chi connectivity index (χ2n) is 11.5. The molecular formula is C27H43N3O5. The van der Waals surface area contributed by atoms with Gasteiger partial charge in [0.2, 0.25) is 11.8 Å². The summed E-state index contributed by atoms with van der Waals surface area (Å²) in [6.45, 7) is 7.78. The zero-order valence-electron chi connectivity index (χ0n) is 21.5. The molecule has 0 N–H and O–H groups in total. The first-order chi connectivity index (χ1) is 16.9. The van der Waals surface area contributed by atoms with Crippen molar-refractivity contribution in [2.75, 3.05) is 39.5 Å². The molecular weight excluding hydrogens is 446 g/mol. The molecule has 0 radical (unpaired) electrons. The van der Waals surface area contributed by atoms with Crippen LogP contribution in [0.4, 0.5) is 0 Å². The molecule has 0 aromatic heterocycles. The fraction of sp³-hybridized carbons (Fsp3) is 0.889. The molecule has 35 heavy (non-hydrogen) atoms. The van der Waals surface area contributed by atoms with Gasteiger partial charge >= 0.3 is 0 Å². The summed E-state index contributed by atoms with van der Waals surface area (Å²) in [6.07, 6.45) is 8.60. The number of hydrogen-bond donors (Lipinski definition) is 0. The van der Waals surface area contributed by atoms with Crippen molar-refractivity contribution in [3.05, 3.63) is 0 Å². The maximum Gasteiger partial charge on any atom is 0.252 e. The van der Waals surface area contributed by atoms with Gasteiger partial charge in [0.05, 0.1) is 25.3 Å². The summed E-state index contributed by atoms with van der Waals surface area (Å²) in [4.78, 5) is 45.2. The number of nitrogens with zero attached hydrogens (tertiary/aromatic N) is 3. The number of carbonyl (C=O) groups is 3. The molecule has 5 aliphatic rings. The number of fused-ring (bicyclic) bond motifs is 1. The first kappa shape index (κ1) is 25.0. The lowest BCUT2D eigenvalue weighted by Gasteiger charge is -2.55. The van der Waals surface area contributed by atoms with Gasteiger partial charge in [-0.25, -0.2) is 0 Å². The smallest absolute Gasteiger partial charge is 0.252 e. The van der Waals surface area contributed by atoms with Gasteiger partial charge in [-0.05, 0) is 76.5 Å². The van der Waals surface area contributed by atoms with E-state index >= 15 is 0 Å². The fourth-order valence-electron chi connectivity index (χ4n) is 7.72. The summed E-state index contributed by atoms with van der Waals surface area (Å²) in [5.74, 6) is 1.89. The second-order valence-corrected chi connectivity index (χ2v) is 11.5. The number of rotatable bonds is 3. The molecule has 3 saturated heterocycles. The third-order valence-electron chi connectivity index (χ3n) is 9.48. The van der Waals surface area contributed by atoms with E-state index in [4.69, 9.17) is 9.47 Å². The minimum absolute atomic E-state index is 0.0392. The predicted octanol–water partition coefficient (Wildman–Crippen LogP) is 2.45. The predicted molar refractivity (Wildman–Crippen MR) is 130 cm³/mol. The number of ether oxygens (including phenoxy) is 2. The minimum atomic E-state index is -0.311. The molecule has 2 aliphatic carbocycles. The van der Waals surface area contributed by atoms with Crippen molar-refractivity contribution in [2.24, 2.45) is 17.8 Å². The van der Waals surface area contributed by atoms with Crippen molar-refractivity contribution in [1.29, 1.82) is 0 Å². The Morgan fingerprint density at radius 1 is 0.800 bits per heavy atom. The van der Waals surface area contributed by atoms with Gasteiger partial charge in [-0.1, -0.05) is 0 Å². The SMILES string of the molecule is CC(=O)N1C2CCC(C3CCC(C(=O)N4CCOCC4)CC3)CC2N(C(=O)C2CCCO2)C[C@@H]1C. The lowest BCUT2D eigenvalue weighted by Crippen LogP contribution is -2.68. The number of piperazine rings is 1. The molecule has 3 amide bonds. The van der Waals surface area contributed by atoms with E-state index in [0.717, 1.165) is 70.9 Å². The van der Waals surface area contributed by atoms with E-state index in [1.54, 1.807) is 6.92 Å². The van der Waals surface area contributed by atoms with E-state index < -0.39 is 0 Å². The number of morpholine rings is 1. The molecule has 5 fully saturated rings. The molecule has 0 spiro atoms. The van der Waals surface area contributed by atoms with Crippen molar-refractivity contribution in [2.45, 2.75) is 95.9 Å². The Labute approximate surface area is 209 Å². The summed E-state index contributed by atoms with van der Waals surface area (Å²) in [7, 11) is 0. The highest BCUT2D eigenvalue weighted by Gasteiger charge is 2.49. The van der Waals surface area contributed by atoms with Crippen LogP contribution in [0.25, 0.3) is 0 Å². The van der Waals surface area contributed by atoms with Gasteiger partial charge in [0.25, 0.3) is 5.91 Å². The average Bonchev–Trinajstić information content (AvgIpc) is 3.42. The molecule has 0 bridgehead atoms. The molecule has 3 heterocycles. The molecule has 0 aromatic rings. The normalized spacial score (nSPS) is 38.2. The Bertz CT molecular complexity index is 786. The topological polar surface area (TPSA) is 79.4 Å². The van der Waals surface area contributed by atoms with Crippen LogP contribution in [0.1, 0.15) is 71.6 Å². The summed E-state index contributed by atoms with van der Waals surface area (Å²) in [5, 5.41) is 0. The van der Waals surface area contributed by atoms with Crippen molar-refractivity contribution >= 4 is 17.7 Å². The van der Waals surface area contributed by atoms with E-state index in [0.29, 0.717) is 44.1 Å². The monoisotopic (exact) mass is 489 g/mol. The van der Waals surface area contributed by atoms with Gasteiger partial charge in [0, 0.05) is 45.1 Å². The lowest BCUT2D eigenvalue weighted by atomic mass is 9.67. The summed E-state index contributed by atoms with van der Waals surface area (Å²) in [6, 6.07) is 0.229. The number of hydrogen-bond acceptors (Lipinski definition) is 5. The fourth-order valence-corrected chi connectivity index (χ4v) is 7.72. The standard InChI is InChI=1S/C27H43N3O5/c1-18-17-29(27(33)25-4-3-13-35-25)24-16-22(9-10-23(24)30(18)19(2)31)20-5-7-21(8-6-20)26(32)28-11-14-34-15-12-28/h18,20-25H,3-17H2,1-2H3/t18-,20?,21?,22?,23?,24?,25?/m0/s1. The van der Waals surface area contributed by atoms with Gasteiger partial charge in [-0.15, -0.1) is 0 Å². The maximum absolute atomic E-state index is 13.5. The highest BCUT2D eigenvalue weighted by atomic mass is 16.5. The summed E-state index contributed by atoms with van der Waals surface area (Å²) >= 11 is 0. The van der Waals surface area contributed by atoms with Crippen LogP contribution in [0.15, 0.2) is 0 Å². The number of carbonyl (C=O) groups excluding carboxylic acids is 3. The molecule has 8 heteroatoms. The van der Waals surface area contributed by atoms with Crippen molar-refractivity contribution < 1.29 is 23.9 Å². The molecule has 8 nitrogen and oxygen atoms in total. The highest BCUT2D eigenvalue weighted by molar-refractivity contribution is 5.82. The average molecular weight is 490 g/mol. The van der Waals surface area contributed by atoms with Crippen LogP contribution < -0.4 is 0 Å². The zero-order chi connectivity index (χ0) is 24.5. The van der Waals surface area contributed by atoms with Crippen molar-refractivity contribution in [3.8, 4) is 0 Å². The van der Waals surface area contributed by atoms with Crippen LogP contribution in [-0.4, -0.2) is 96.1 Å². The number of amides is 3. The Kier molecular flexibility index (Phi) is 7.68. The van der Waals surface area contributed by atoms with E-state index in [9.17, 15) is 14.4 Å². The summed E-state index contributed by atoms with van der Waals surface area (Å²) < 4.78 is 11.2. The van der Waals surface area contributed by atoms with Gasteiger partial charge < -0.3 is 24.2 Å². The maximum atomic E-state index is 13.5. The Morgan fingerprint density at radius 3 is 2.17 bits per heavy atom. The van der Waals surface area contributed by atoms with Crippen LogP contribution in [-0.2, 0) is 23.9 Å². The Morgan fingerprint density at radius 2 is 1.51 bits per heavy atom. The van der Waals surface area contributed by atoms with Crippen LogP contribution in [0.5, 0.6) is 0 Å². The molecule has 196 valence electrons. The third-order valence-corrected chi connectivity index (χ3v) is 9.48. The zero-order valence-corrected chi connectivity index (χ0v) is 21.5. The third kappa shape index (κ3) is 5.10. The van der Waals surface area contributed by atoms with Gasteiger partial charge in [-0.2, -0.15) is 0 Å². The molecule has 5 atom stereocenters. The van der Waals surface area contributed by atoms with Crippen LogP contribution >= 0.6 is 0 Å². The van der Waals surface area contributed by atoms with E-state index in [1.165, 1.54) is 0 Å². The Hall–Kier alpha value is -1.67. The van der Waals surface area contributed by atoms with E-state index in [2.05, 4.69) is 16.7 Å². The molecule has 4 unspecified atom stereocenters. The molecule has 5 rings (SSSR count). The van der Waals surface area contributed by atoms with Gasteiger partial charge in [-0.3, -0.25) is 14.4 Å². The Balaban J connectivity index is 1.24. The van der Waals surface area contributed by atoms with Crippen molar-refractivity contribution in [1.82, 2.24) is 14.7 Å². The van der Waals surface area contributed by atoms with Crippen LogP contribution in [0.3, 0.4) is 0 Å². The lowest BCUT2D eigenvalue weighted by molar-refractivity contribution is -0.160. The molecule has 2 saturated carbocycles. The minimum Gasteiger partial charge on any atom is -0.378 e. The van der Waals surface area contributed by atoms with Gasteiger partial charge in [0.15, 0.2) is 0 Å². The van der Waals surface area contributed by atoms with Crippen LogP contribution in [0, 0.1) is 17.8 Å². The van der Waals surface area contributed by atoms with E-state index in [1.807, 2.05) is 4.90 Å². The summed E-state index contributed by atoms with van der Waals surface area (Å²) in [5.41, 5.74) is 0. The van der Waals surface area contributed by atoms with Crippen LogP contribution in [0.2, 0.25) is 0 Å². The quantitative estimate of drug-likeness (QED) is 0.609. The second kappa shape index (κ2) is 10.8. The van der Waals surface area contributed by atoms with Crippen molar-refractivity contribution in [3.63, 3.8) is 0 Å². The highest BCUT2D eigenvalue weighted by Crippen LogP contribution is 2.44.